The molecule has 0 bridgehead atoms. The number of Topliss-reactive ketones (excluding diaryl/α,β-unsaturated/α-hetero) is 1. The molecule has 0 aliphatic heterocycles. The minimum Gasteiger partial charge on any atom is -0.456 e. The summed E-state index contributed by atoms with van der Waals surface area (Å²) in [5, 5.41) is 44.9. The molecule has 0 unspecified atom stereocenters. The van der Waals surface area contributed by atoms with E-state index in [1.807, 2.05) is 27.7 Å². The number of ether oxygens (including phenoxy) is 1. The van der Waals surface area contributed by atoms with E-state index in [0.717, 1.165) is 5.57 Å². The molecular formula is C32H48O8. The molecule has 224 valence electrons. The quantitative estimate of drug-likeness (QED) is 0.228. The van der Waals surface area contributed by atoms with Crippen molar-refractivity contribution in [3.05, 3.63) is 23.8 Å². The molecule has 4 rings (SSSR count). The van der Waals surface area contributed by atoms with Gasteiger partial charge in [0.05, 0.1) is 18.3 Å². The third-order valence-electron chi connectivity index (χ3n) is 11.8. The smallest absolute Gasteiger partial charge is 0.303 e. The maximum atomic E-state index is 14.3. The number of aliphatic hydroxyl groups excluding tert-OH is 3. The number of hydrogen-bond donors (Lipinski definition) is 4. The molecule has 0 radical (unpaired) electrons. The van der Waals surface area contributed by atoms with E-state index in [9.17, 15) is 34.8 Å². The molecule has 10 atom stereocenters. The molecule has 0 saturated heterocycles. The molecule has 0 amide bonds. The Balaban J connectivity index is 1.74. The molecule has 3 saturated carbocycles. The van der Waals surface area contributed by atoms with Crippen LogP contribution >= 0.6 is 0 Å². The molecule has 3 fully saturated rings. The summed E-state index contributed by atoms with van der Waals surface area (Å²) < 4.78 is 5.23. The van der Waals surface area contributed by atoms with Crippen LogP contribution in [0.25, 0.3) is 0 Å². The second-order valence-corrected chi connectivity index (χ2v) is 15.0. The summed E-state index contributed by atoms with van der Waals surface area (Å²) in [5.74, 6) is -2.48. The van der Waals surface area contributed by atoms with Gasteiger partial charge in [0.25, 0.3) is 0 Å². The molecule has 40 heavy (non-hydrogen) atoms. The van der Waals surface area contributed by atoms with Gasteiger partial charge in [-0.25, -0.2) is 0 Å². The van der Waals surface area contributed by atoms with Crippen molar-refractivity contribution < 1.29 is 39.5 Å². The summed E-state index contributed by atoms with van der Waals surface area (Å²) in [6, 6.07) is 0. The largest absolute Gasteiger partial charge is 0.456 e. The van der Waals surface area contributed by atoms with Gasteiger partial charge in [-0.3, -0.25) is 14.4 Å². The number of carbonyl (C=O) groups excluding carboxylic acids is 3. The summed E-state index contributed by atoms with van der Waals surface area (Å²) in [6.07, 6.45) is 3.10. The van der Waals surface area contributed by atoms with Crippen molar-refractivity contribution in [2.45, 2.75) is 118 Å². The first-order valence-corrected chi connectivity index (χ1v) is 14.5. The van der Waals surface area contributed by atoms with Crippen LogP contribution in [0.15, 0.2) is 23.8 Å². The monoisotopic (exact) mass is 560 g/mol. The van der Waals surface area contributed by atoms with E-state index in [1.165, 1.54) is 26.0 Å². The van der Waals surface area contributed by atoms with Gasteiger partial charge in [-0.2, -0.15) is 0 Å². The van der Waals surface area contributed by atoms with Crippen LogP contribution in [-0.4, -0.2) is 67.5 Å². The lowest BCUT2D eigenvalue weighted by molar-refractivity contribution is -0.186. The first-order valence-electron chi connectivity index (χ1n) is 14.5. The van der Waals surface area contributed by atoms with Crippen molar-refractivity contribution >= 4 is 17.5 Å². The predicted octanol–water partition coefficient (Wildman–Crippen LogP) is 3.29. The Labute approximate surface area is 237 Å². The molecule has 8 nitrogen and oxygen atoms in total. The highest BCUT2D eigenvalue weighted by molar-refractivity contribution is 5.97. The number of esters is 1. The van der Waals surface area contributed by atoms with Gasteiger partial charge in [-0.15, -0.1) is 0 Å². The third-order valence-corrected chi connectivity index (χ3v) is 11.8. The van der Waals surface area contributed by atoms with E-state index in [1.54, 1.807) is 13.8 Å². The minimum absolute atomic E-state index is 0.00125. The summed E-state index contributed by atoms with van der Waals surface area (Å²) in [6.45, 7) is 15.7. The van der Waals surface area contributed by atoms with Crippen molar-refractivity contribution in [1.29, 1.82) is 0 Å². The van der Waals surface area contributed by atoms with E-state index in [2.05, 4.69) is 13.0 Å². The Bertz CT molecular complexity index is 1160. The van der Waals surface area contributed by atoms with Crippen LogP contribution in [0.3, 0.4) is 0 Å². The maximum Gasteiger partial charge on any atom is 0.303 e. The van der Waals surface area contributed by atoms with Crippen LogP contribution in [0, 0.1) is 39.4 Å². The van der Waals surface area contributed by atoms with Crippen molar-refractivity contribution in [2.24, 2.45) is 39.4 Å². The Hall–Kier alpha value is -1.87. The second-order valence-electron chi connectivity index (χ2n) is 15.0. The number of aliphatic hydroxyl groups is 4. The zero-order valence-corrected chi connectivity index (χ0v) is 25.4. The molecule has 4 N–H and O–H groups in total. The standard InChI is InChI=1S/C32H48O8/c1-17(33)40-27(2,3)13-12-23(36)32(9,39)25-21(35)15-29(6)22-11-10-18-19(14-20(34)26(38)28(18,4)5)31(22,8)24(37)16-30(25,29)7/h10,12-13,19-22,25-26,34-35,38-39H,11,14-16H2,1-9H3/b13-12+/t19-,20+,21-,22+,25+,26+,29+,30-,31+,32+/m1/s1. The summed E-state index contributed by atoms with van der Waals surface area (Å²) in [5.41, 5.74) is -5.04. The van der Waals surface area contributed by atoms with Gasteiger partial charge in [-0.05, 0) is 74.9 Å². The van der Waals surface area contributed by atoms with Crippen LogP contribution in [0.2, 0.25) is 0 Å². The number of hydrogen-bond acceptors (Lipinski definition) is 8. The predicted molar refractivity (Wildman–Crippen MR) is 149 cm³/mol. The highest BCUT2D eigenvalue weighted by Crippen LogP contribution is 2.74. The lowest BCUT2D eigenvalue weighted by Crippen LogP contribution is -2.65. The Morgan fingerprint density at radius 2 is 1.62 bits per heavy atom. The van der Waals surface area contributed by atoms with E-state index in [0.29, 0.717) is 12.8 Å². The Morgan fingerprint density at radius 1 is 1.02 bits per heavy atom. The Morgan fingerprint density at radius 3 is 2.20 bits per heavy atom. The molecule has 0 heterocycles. The maximum absolute atomic E-state index is 14.3. The first kappa shape index (κ1) is 31.1. The number of ketones is 2. The van der Waals surface area contributed by atoms with Gasteiger partial charge in [0, 0.05) is 30.1 Å². The summed E-state index contributed by atoms with van der Waals surface area (Å²) in [7, 11) is 0. The van der Waals surface area contributed by atoms with Gasteiger partial charge < -0.3 is 25.2 Å². The average molecular weight is 561 g/mol. The molecule has 8 heteroatoms. The van der Waals surface area contributed by atoms with Crippen LogP contribution in [0.5, 0.6) is 0 Å². The van der Waals surface area contributed by atoms with Crippen LogP contribution in [-0.2, 0) is 19.1 Å². The lowest BCUT2D eigenvalue weighted by atomic mass is 9.38. The van der Waals surface area contributed by atoms with Gasteiger partial charge >= 0.3 is 5.97 Å². The zero-order chi connectivity index (χ0) is 30.4. The molecule has 0 spiro atoms. The molecular weight excluding hydrogens is 512 g/mol. The van der Waals surface area contributed by atoms with Crippen molar-refractivity contribution in [2.75, 3.05) is 0 Å². The van der Waals surface area contributed by atoms with E-state index in [4.69, 9.17) is 4.74 Å². The van der Waals surface area contributed by atoms with Crippen LogP contribution < -0.4 is 0 Å². The van der Waals surface area contributed by atoms with Crippen LogP contribution in [0.1, 0.15) is 88.0 Å². The summed E-state index contributed by atoms with van der Waals surface area (Å²) >= 11 is 0. The average Bonchev–Trinajstić information content (AvgIpc) is 3.01. The van der Waals surface area contributed by atoms with Crippen molar-refractivity contribution in [3.63, 3.8) is 0 Å². The molecule has 0 aromatic heterocycles. The zero-order valence-electron chi connectivity index (χ0n) is 25.4. The van der Waals surface area contributed by atoms with Gasteiger partial charge in [0.15, 0.2) is 5.78 Å². The minimum atomic E-state index is -1.98. The second kappa shape index (κ2) is 9.32. The first-order chi connectivity index (χ1) is 18.1. The fraction of sp³-hybridized carbons (Fsp3) is 0.781. The summed E-state index contributed by atoms with van der Waals surface area (Å²) in [4.78, 5) is 39.2. The van der Waals surface area contributed by atoms with Crippen molar-refractivity contribution in [1.82, 2.24) is 0 Å². The number of fused-ring (bicyclic) bond motifs is 5. The fourth-order valence-corrected chi connectivity index (χ4v) is 9.55. The van der Waals surface area contributed by atoms with Gasteiger partial charge in [-0.1, -0.05) is 46.3 Å². The van der Waals surface area contributed by atoms with E-state index in [-0.39, 0.29) is 30.5 Å². The SMILES string of the molecule is CC(=O)OC(C)(C)/C=C/C(=O)[C@](C)(O)[C@H]1[C@H](O)C[C@@]2(C)[C@@H]3CC=C4[C@@H](C[C@H](O)[C@H](O)C4(C)C)[C@]3(C)C(=O)C[C@]12C. The normalized spacial score (nSPS) is 44.2. The van der Waals surface area contributed by atoms with Crippen molar-refractivity contribution in [3.8, 4) is 0 Å². The highest BCUT2D eigenvalue weighted by Gasteiger charge is 2.74. The topological polar surface area (TPSA) is 141 Å². The fourth-order valence-electron chi connectivity index (χ4n) is 9.55. The van der Waals surface area contributed by atoms with Crippen LogP contribution in [0.4, 0.5) is 0 Å². The number of carbonyl (C=O) groups is 3. The van der Waals surface area contributed by atoms with E-state index >= 15 is 0 Å². The third kappa shape index (κ3) is 4.19. The van der Waals surface area contributed by atoms with Gasteiger partial charge in [0.1, 0.15) is 17.0 Å². The Kier molecular flexibility index (Phi) is 7.24. The molecule has 0 aromatic rings. The molecule has 0 aromatic carbocycles. The van der Waals surface area contributed by atoms with Gasteiger partial charge in [0.2, 0.25) is 0 Å². The molecule has 4 aliphatic rings. The molecule has 4 aliphatic carbocycles. The lowest BCUT2D eigenvalue weighted by Gasteiger charge is -2.65. The number of allylic oxidation sites excluding steroid dienone is 1. The van der Waals surface area contributed by atoms with E-state index < -0.39 is 68.8 Å². The number of rotatable bonds is 5. The highest BCUT2D eigenvalue weighted by atomic mass is 16.6.